The van der Waals surface area contributed by atoms with Gasteiger partial charge < -0.3 is 9.84 Å². The van der Waals surface area contributed by atoms with Crippen LogP contribution in [0.4, 0.5) is 4.39 Å². The number of carboxylic acid groups (broad SMARTS) is 1. The molecule has 0 aliphatic carbocycles. The number of hydrogen-bond donors (Lipinski definition) is 1. The Hall–Kier alpha value is -2.43. The van der Waals surface area contributed by atoms with Gasteiger partial charge in [-0.2, -0.15) is 0 Å². The van der Waals surface area contributed by atoms with Gasteiger partial charge in [0.05, 0.1) is 11.3 Å². The van der Waals surface area contributed by atoms with Crippen molar-refractivity contribution in [3.8, 4) is 11.6 Å². The Morgan fingerprint density at radius 3 is 2.52 bits per heavy atom. The molecule has 0 aliphatic rings. The number of aromatic carboxylic acids is 1. The third kappa shape index (κ3) is 3.78. The molecule has 2 rings (SSSR count). The number of rotatable bonds is 3. The van der Waals surface area contributed by atoms with Gasteiger partial charge in [0.2, 0.25) is 5.88 Å². The molecule has 5 heteroatoms. The summed E-state index contributed by atoms with van der Waals surface area (Å²) < 4.78 is 18.6. The lowest BCUT2D eigenvalue weighted by Crippen LogP contribution is -2.15. The number of pyridine rings is 1. The van der Waals surface area contributed by atoms with Crippen LogP contribution in [0.2, 0.25) is 0 Å². The third-order valence-electron chi connectivity index (χ3n) is 2.84. The maximum Gasteiger partial charge on any atom is 0.335 e. The number of benzene rings is 1. The van der Waals surface area contributed by atoms with Crippen LogP contribution in [0.5, 0.6) is 11.6 Å². The Labute approximate surface area is 122 Å². The van der Waals surface area contributed by atoms with E-state index < -0.39 is 11.8 Å². The lowest BCUT2D eigenvalue weighted by molar-refractivity contribution is 0.0696. The summed E-state index contributed by atoms with van der Waals surface area (Å²) in [6, 6.07) is 8.44. The van der Waals surface area contributed by atoms with Crippen molar-refractivity contribution in [2.24, 2.45) is 0 Å². The number of halogens is 1. The van der Waals surface area contributed by atoms with E-state index in [1.165, 1.54) is 30.3 Å². The smallest absolute Gasteiger partial charge is 0.335 e. The van der Waals surface area contributed by atoms with Gasteiger partial charge >= 0.3 is 5.97 Å². The molecule has 1 heterocycles. The van der Waals surface area contributed by atoms with E-state index >= 15 is 0 Å². The second-order valence-electron chi connectivity index (χ2n) is 5.69. The van der Waals surface area contributed by atoms with Crippen LogP contribution < -0.4 is 4.74 Å². The van der Waals surface area contributed by atoms with Crippen LogP contribution in [0.15, 0.2) is 36.4 Å². The molecule has 2 aromatic rings. The predicted molar refractivity (Wildman–Crippen MR) is 76.4 cm³/mol. The monoisotopic (exact) mass is 289 g/mol. The summed E-state index contributed by atoms with van der Waals surface area (Å²) >= 11 is 0. The molecule has 0 amide bonds. The maximum absolute atomic E-state index is 13.2. The molecule has 1 aromatic carbocycles. The first-order valence-electron chi connectivity index (χ1n) is 6.45. The molecule has 4 nitrogen and oxygen atoms in total. The Balaban J connectivity index is 2.43. The number of carbonyl (C=O) groups is 1. The highest BCUT2D eigenvalue weighted by Gasteiger charge is 2.19. The highest BCUT2D eigenvalue weighted by atomic mass is 19.1. The number of ether oxygens (including phenoxy) is 1. The molecule has 21 heavy (non-hydrogen) atoms. The molecule has 0 saturated heterocycles. The second-order valence-corrected chi connectivity index (χ2v) is 5.69. The van der Waals surface area contributed by atoms with Gasteiger partial charge in [-0.3, -0.25) is 0 Å². The van der Waals surface area contributed by atoms with Crippen LogP contribution >= 0.6 is 0 Å². The summed E-state index contributed by atoms with van der Waals surface area (Å²) in [6.45, 7) is 5.77. The van der Waals surface area contributed by atoms with Crippen LogP contribution in [-0.4, -0.2) is 16.1 Å². The van der Waals surface area contributed by atoms with Gasteiger partial charge in [-0.1, -0.05) is 26.8 Å². The second kappa shape index (κ2) is 5.52. The predicted octanol–water partition coefficient (Wildman–Crippen LogP) is 4.01. The van der Waals surface area contributed by atoms with E-state index in [1.54, 1.807) is 6.07 Å². The third-order valence-corrected chi connectivity index (χ3v) is 2.84. The van der Waals surface area contributed by atoms with Crippen LogP contribution in [0.3, 0.4) is 0 Å². The molecule has 0 unspecified atom stereocenters. The highest BCUT2D eigenvalue weighted by molar-refractivity contribution is 5.88. The molecular formula is C16H16FNO3. The van der Waals surface area contributed by atoms with Crippen molar-refractivity contribution in [3.63, 3.8) is 0 Å². The zero-order valence-electron chi connectivity index (χ0n) is 12.1. The lowest BCUT2D eigenvalue weighted by atomic mass is 9.91. The molecule has 0 fully saturated rings. The number of carboxylic acids is 1. The average molecular weight is 289 g/mol. The molecular weight excluding hydrogens is 273 g/mol. The van der Waals surface area contributed by atoms with Crippen molar-refractivity contribution >= 4 is 5.97 Å². The Bertz CT molecular complexity index is 677. The fraction of sp³-hybridized carbons (Fsp3) is 0.250. The lowest BCUT2D eigenvalue weighted by Gasteiger charge is -2.19. The first-order valence-corrected chi connectivity index (χ1v) is 6.45. The van der Waals surface area contributed by atoms with E-state index in [1.807, 2.05) is 20.8 Å². The van der Waals surface area contributed by atoms with Gasteiger partial charge in [0.1, 0.15) is 11.6 Å². The number of aromatic nitrogens is 1. The van der Waals surface area contributed by atoms with E-state index in [9.17, 15) is 9.18 Å². The zero-order valence-corrected chi connectivity index (χ0v) is 12.1. The summed E-state index contributed by atoms with van der Waals surface area (Å²) in [5, 5.41) is 9.17. The van der Waals surface area contributed by atoms with Crippen molar-refractivity contribution in [2.45, 2.75) is 26.2 Å². The van der Waals surface area contributed by atoms with E-state index in [-0.39, 0.29) is 22.6 Å². The summed E-state index contributed by atoms with van der Waals surface area (Å²) in [5.74, 6) is -1.10. The van der Waals surface area contributed by atoms with Crippen LogP contribution in [0, 0.1) is 5.82 Å². The van der Waals surface area contributed by atoms with Gasteiger partial charge in [0.25, 0.3) is 0 Å². The Morgan fingerprint density at radius 2 is 1.95 bits per heavy atom. The Morgan fingerprint density at radius 1 is 1.24 bits per heavy atom. The fourth-order valence-corrected chi connectivity index (χ4v) is 1.72. The molecule has 110 valence electrons. The molecule has 1 N–H and O–H groups in total. The van der Waals surface area contributed by atoms with Crippen molar-refractivity contribution in [1.82, 2.24) is 4.98 Å². The zero-order chi connectivity index (χ0) is 15.6. The minimum absolute atomic E-state index is 0.0846. The maximum atomic E-state index is 13.2. The van der Waals surface area contributed by atoms with Crippen LogP contribution in [0.1, 0.15) is 36.8 Å². The molecule has 0 bridgehead atoms. The van der Waals surface area contributed by atoms with Gasteiger partial charge in [-0.05, 0) is 18.2 Å². The van der Waals surface area contributed by atoms with Crippen molar-refractivity contribution in [1.29, 1.82) is 0 Å². The van der Waals surface area contributed by atoms with Gasteiger partial charge in [-0.25, -0.2) is 14.2 Å². The fourth-order valence-electron chi connectivity index (χ4n) is 1.72. The van der Waals surface area contributed by atoms with Gasteiger partial charge in [0.15, 0.2) is 0 Å². The van der Waals surface area contributed by atoms with Crippen molar-refractivity contribution in [3.05, 3.63) is 53.5 Å². The summed E-state index contributed by atoms with van der Waals surface area (Å²) in [4.78, 5) is 15.5. The summed E-state index contributed by atoms with van der Waals surface area (Å²) in [6.07, 6.45) is 0. The minimum Gasteiger partial charge on any atom is -0.478 e. The number of nitrogens with zero attached hydrogens (tertiary/aromatic N) is 1. The molecule has 0 radical (unpaired) electrons. The van der Waals surface area contributed by atoms with Crippen molar-refractivity contribution in [2.75, 3.05) is 0 Å². The molecule has 0 spiro atoms. The topological polar surface area (TPSA) is 59.4 Å². The van der Waals surface area contributed by atoms with Crippen LogP contribution in [-0.2, 0) is 5.41 Å². The Kier molecular flexibility index (Phi) is 3.93. The first-order chi connectivity index (χ1) is 9.75. The quantitative estimate of drug-likeness (QED) is 0.927. The molecule has 1 aromatic heterocycles. The van der Waals surface area contributed by atoms with Gasteiger partial charge in [0, 0.05) is 17.5 Å². The summed E-state index contributed by atoms with van der Waals surface area (Å²) in [7, 11) is 0. The summed E-state index contributed by atoms with van der Waals surface area (Å²) in [5.41, 5.74) is 0.348. The first kappa shape index (κ1) is 15.0. The normalized spacial score (nSPS) is 11.2. The van der Waals surface area contributed by atoms with E-state index in [2.05, 4.69) is 4.98 Å². The molecule has 0 saturated carbocycles. The van der Waals surface area contributed by atoms with E-state index in [4.69, 9.17) is 9.84 Å². The minimum atomic E-state index is -1.06. The van der Waals surface area contributed by atoms with Crippen LogP contribution in [0.25, 0.3) is 0 Å². The standard InChI is InChI=1S/C16H16FNO3/c1-16(2,3)13-7-10(15(19)20)8-14(18-13)21-12-6-4-5-11(17)9-12/h4-9H,1-3H3,(H,19,20). The van der Waals surface area contributed by atoms with Crippen molar-refractivity contribution < 1.29 is 19.0 Å². The number of hydrogen-bond acceptors (Lipinski definition) is 3. The highest BCUT2D eigenvalue weighted by Crippen LogP contribution is 2.27. The van der Waals surface area contributed by atoms with E-state index in [0.717, 1.165) is 0 Å². The average Bonchev–Trinajstić information content (AvgIpc) is 2.37. The van der Waals surface area contributed by atoms with E-state index in [0.29, 0.717) is 5.69 Å². The largest absolute Gasteiger partial charge is 0.478 e. The molecule has 0 atom stereocenters. The van der Waals surface area contributed by atoms with Gasteiger partial charge in [-0.15, -0.1) is 0 Å². The SMILES string of the molecule is CC(C)(C)c1cc(C(=O)O)cc(Oc2cccc(F)c2)n1. The molecule has 0 aliphatic heterocycles.